The van der Waals surface area contributed by atoms with Gasteiger partial charge in [-0.05, 0) is 63.0 Å². The van der Waals surface area contributed by atoms with Crippen LogP contribution in [0.3, 0.4) is 0 Å². The summed E-state index contributed by atoms with van der Waals surface area (Å²) >= 11 is 1.27. The van der Waals surface area contributed by atoms with E-state index in [9.17, 15) is 9.59 Å². The fraction of sp³-hybridized carbons (Fsp3) is 0.286. The highest BCUT2D eigenvalue weighted by atomic mass is 32.1. The molecule has 4 nitrogen and oxygen atoms in total. The number of rotatable bonds is 2. The molecule has 1 saturated heterocycles. The van der Waals surface area contributed by atoms with Crippen molar-refractivity contribution in [2.75, 3.05) is 13.1 Å². The SMILES string of the molecule is CC(=O)c1ccc(C(=O)N2CCC(=CC#Cc3cccc(C)n3)CC2)s1. The third kappa shape index (κ3) is 4.47. The lowest BCUT2D eigenvalue weighted by Gasteiger charge is -2.27. The van der Waals surface area contributed by atoms with Crippen molar-refractivity contribution < 1.29 is 9.59 Å². The van der Waals surface area contributed by atoms with Crippen molar-refractivity contribution in [1.29, 1.82) is 0 Å². The first-order valence-electron chi connectivity index (χ1n) is 8.56. The minimum atomic E-state index is -0.000382. The maximum Gasteiger partial charge on any atom is 0.263 e. The molecule has 5 heteroatoms. The largest absolute Gasteiger partial charge is 0.337 e. The number of aromatic nitrogens is 1. The predicted molar refractivity (Wildman–Crippen MR) is 103 cm³/mol. The maximum atomic E-state index is 12.5. The fourth-order valence-corrected chi connectivity index (χ4v) is 3.63. The van der Waals surface area contributed by atoms with Crippen molar-refractivity contribution in [3.63, 3.8) is 0 Å². The molecule has 3 heterocycles. The Hall–Kier alpha value is -2.71. The minimum Gasteiger partial charge on any atom is -0.337 e. The molecule has 0 spiro atoms. The number of hydrogen-bond acceptors (Lipinski definition) is 4. The summed E-state index contributed by atoms with van der Waals surface area (Å²) in [6.07, 6.45) is 3.60. The number of piperidine rings is 1. The Morgan fingerprint density at radius 3 is 2.54 bits per heavy atom. The molecule has 26 heavy (non-hydrogen) atoms. The third-order valence-electron chi connectivity index (χ3n) is 4.22. The average Bonchev–Trinajstić information content (AvgIpc) is 3.12. The quantitative estimate of drug-likeness (QED) is 0.600. The zero-order valence-corrected chi connectivity index (χ0v) is 15.7. The Labute approximate surface area is 157 Å². The van der Waals surface area contributed by atoms with E-state index in [1.54, 1.807) is 12.1 Å². The number of allylic oxidation sites excluding steroid dienone is 1. The van der Waals surface area contributed by atoms with Crippen molar-refractivity contribution >= 4 is 23.0 Å². The first kappa shape index (κ1) is 18.1. The van der Waals surface area contributed by atoms with Crippen molar-refractivity contribution in [3.05, 3.63) is 63.1 Å². The molecule has 0 bridgehead atoms. The molecule has 1 aliphatic rings. The Balaban J connectivity index is 1.58. The van der Waals surface area contributed by atoms with Gasteiger partial charge in [-0.3, -0.25) is 9.59 Å². The van der Waals surface area contributed by atoms with Crippen LogP contribution >= 0.6 is 11.3 Å². The van der Waals surface area contributed by atoms with Crippen LogP contribution in [0.5, 0.6) is 0 Å². The van der Waals surface area contributed by atoms with E-state index in [0.29, 0.717) is 22.8 Å². The van der Waals surface area contributed by atoms with Gasteiger partial charge in [0.15, 0.2) is 5.78 Å². The van der Waals surface area contributed by atoms with Gasteiger partial charge >= 0.3 is 0 Å². The summed E-state index contributed by atoms with van der Waals surface area (Å²) in [5, 5.41) is 0. The summed E-state index contributed by atoms with van der Waals surface area (Å²) in [4.78, 5) is 31.4. The molecule has 3 rings (SSSR count). The number of Topliss-reactive ketones (excluding diaryl/α,β-unsaturated/α-hetero) is 1. The van der Waals surface area contributed by atoms with Crippen LogP contribution in [0.2, 0.25) is 0 Å². The molecule has 1 fully saturated rings. The monoisotopic (exact) mass is 364 g/mol. The van der Waals surface area contributed by atoms with E-state index in [-0.39, 0.29) is 11.7 Å². The third-order valence-corrected chi connectivity index (χ3v) is 5.40. The number of carbonyl (C=O) groups is 2. The van der Waals surface area contributed by atoms with Crippen LogP contribution in [0.1, 0.15) is 50.5 Å². The number of pyridine rings is 1. The molecule has 2 aromatic rings. The van der Waals surface area contributed by atoms with E-state index in [2.05, 4.69) is 16.8 Å². The first-order valence-corrected chi connectivity index (χ1v) is 9.38. The molecule has 132 valence electrons. The Morgan fingerprint density at radius 1 is 1.15 bits per heavy atom. The predicted octanol–water partition coefficient (Wildman–Crippen LogP) is 3.87. The van der Waals surface area contributed by atoms with Crippen LogP contribution in [0.4, 0.5) is 0 Å². The van der Waals surface area contributed by atoms with Gasteiger partial charge in [0.25, 0.3) is 5.91 Å². The molecular weight excluding hydrogens is 344 g/mol. The molecule has 0 atom stereocenters. The topological polar surface area (TPSA) is 50.3 Å². The molecule has 0 N–H and O–H groups in total. The van der Waals surface area contributed by atoms with Crippen LogP contribution in [-0.4, -0.2) is 34.7 Å². The van der Waals surface area contributed by atoms with Gasteiger partial charge in [0.05, 0.1) is 9.75 Å². The van der Waals surface area contributed by atoms with Gasteiger partial charge in [-0.15, -0.1) is 11.3 Å². The standard InChI is InChI=1S/C21H20N2O2S/c1-15-5-3-7-18(22-15)8-4-6-17-11-13-23(14-12-17)21(25)20-10-9-19(26-20)16(2)24/h3,5-7,9-10H,11-14H2,1-2H3. The normalized spacial score (nSPS) is 13.8. The summed E-state index contributed by atoms with van der Waals surface area (Å²) in [5.74, 6) is 6.14. The molecule has 0 aliphatic carbocycles. The number of hydrogen-bond donors (Lipinski definition) is 0. The minimum absolute atomic E-state index is 0.000382. The van der Waals surface area contributed by atoms with E-state index in [1.165, 1.54) is 23.8 Å². The lowest BCUT2D eigenvalue weighted by atomic mass is 10.0. The second-order valence-corrected chi connectivity index (χ2v) is 7.33. The molecule has 1 aliphatic heterocycles. The van der Waals surface area contributed by atoms with Gasteiger partial charge < -0.3 is 4.90 Å². The van der Waals surface area contributed by atoms with Crippen LogP contribution < -0.4 is 0 Å². The van der Waals surface area contributed by atoms with E-state index in [1.807, 2.05) is 36.1 Å². The number of amides is 1. The van der Waals surface area contributed by atoms with Gasteiger partial charge in [0.2, 0.25) is 0 Å². The van der Waals surface area contributed by atoms with Gasteiger partial charge in [0, 0.05) is 18.8 Å². The second kappa shape index (κ2) is 8.11. The molecule has 1 amide bonds. The summed E-state index contributed by atoms with van der Waals surface area (Å²) in [6.45, 7) is 4.83. The van der Waals surface area contributed by atoms with Gasteiger partial charge in [-0.25, -0.2) is 4.98 Å². The number of aryl methyl sites for hydroxylation is 1. The van der Waals surface area contributed by atoms with Crippen molar-refractivity contribution in [1.82, 2.24) is 9.88 Å². The number of thiophene rings is 1. The highest BCUT2D eigenvalue weighted by Crippen LogP contribution is 2.22. The zero-order chi connectivity index (χ0) is 18.5. The summed E-state index contributed by atoms with van der Waals surface area (Å²) in [7, 11) is 0. The summed E-state index contributed by atoms with van der Waals surface area (Å²) in [6, 6.07) is 9.27. The van der Waals surface area contributed by atoms with Gasteiger partial charge in [0.1, 0.15) is 5.69 Å². The van der Waals surface area contributed by atoms with Crippen LogP contribution in [0, 0.1) is 18.8 Å². The molecule has 0 radical (unpaired) electrons. The van der Waals surface area contributed by atoms with Gasteiger partial charge in [-0.2, -0.15) is 0 Å². The Morgan fingerprint density at radius 2 is 1.88 bits per heavy atom. The van der Waals surface area contributed by atoms with E-state index in [0.717, 1.165) is 24.2 Å². The zero-order valence-electron chi connectivity index (χ0n) is 14.9. The first-order chi connectivity index (χ1) is 12.5. The average molecular weight is 364 g/mol. The Kier molecular flexibility index (Phi) is 5.65. The number of nitrogens with zero attached hydrogens (tertiary/aromatic N) is 2. The van der Waals surface area contributed by atoms with Crippen molar-refractivity contribution in [3.8, 4) is 11.8 Å². The number of likely N-dealkylation sites (tertiary alicyclic amines) is 1. The van der Waals surface area contributed by atoms with Crippen molar-refractivity contribution in [2.24, 2.45) is 0 Å². The second-order valence-electron chi connectivity index (χ2n) is 6.25. The van der Waals surface area contributed by atoms with E-state index < -0.39 is 0 Å². The Bertz CT molecular complexity index is 921. The van der Waals surface area contributed by atoms with E-state index >= 15 is 0 Å². The number of ketones is 1. The smallest absolute Gasteiger partial charge is 0.263 e. The van der Waals surface area contributed by atoms with Crippen LogP contribution in [0.25, 0.3) is 0 Å². The summed E-state index contributed by atoms with van der Waals surface area (Å²) in [5.41, 5.74) is 2.98. The maximum absolute atomic E-state index is 12.5. The lowest BCUT2D eigenvalue weighted by molar-refractivity contribution is 0.0748. The van der Waals surface area contributed by atoms with Crippen LogP contribution in [0.15, 0.2) is 42.0 Å². The lowest BCUT2D eigenvalue weighted by Crippen LogP contribution is -2.35. The molecule has 2 aromatic heterocycles. The molecule has 0 aromatic carbocycles. The van der Waals surface area contributed by atoms with Crippen LogP contribution in [-0.2, 0) is 0 Å². The number of carbonyl (C=O) groups excluding carboxylic acids is 2. The highest BCUT2D eigenvalue weighted by Gasteiger charge is 2.21. The molecule has 0 unspecified atom stereocenters. The molecular formula is C21H20N2O2S. The van der Waals surface area contributed by atoms with Gasteiger partial charge in [-0.1, -0.05) is 17.6 Å². The van der Waals surface area contributed by atoms with Crippen molar-refractivity contribution in [2.45, 2.75) is 26.7 Å². The van der Waals surface area contributed by atoms with E-state index in [4.69, 9.17) is 0 Å². The summed E-state index contributed by atoms with van der Waals surface area (Å²) < 4.78 is 0. The molecule has 0 saturated carbocycles. The fourth-order valence-electron chi connectivity index (χ4n) is 2.76. The highest BCUT2D eigenvalue weighted by molar-refractivity contribution is 7.15.